The summed E-state index contributed by atoms with van der Waals surface area (Å²) < 4.78 is 37.1. The number of alkyl halides is 3. The number of nitrogens with two attached hydrogens (primary N) is 1. The molecule has 0 aliphatic heterocycles. The zero-order valence-corrected chi connectivity index (χ0v) is 10.1. The number of hydrogen-bond acceptors (Lipinski definition) is 3. The molecule has 1 unspecified atom stereocenters. The van der Waals surface area contributed by atoms with Crippen LogP contribution in [0.4, 0.5) is 13.2 Å². The summed E-state index contributed by atoms with van der Waals surface area (Å²) in [5.41, 5.74) is 3.27. The summed E-state index contributed by atoms with van der Waals surface area (Å²) in [5.74, 6) is 5.37. The first kappa shape index (κ1) is 14.7. The first-order valence-electron chi connectivity index (χ1n) is 5.48. The quantitative estimate of drug-likeness (QED) is 0.485. The normalized spacial score (nSPS) is 13.4. The van der Waals surface area contributed by atoms with Crippen LogP contribution in [0, 0.1) is 0 Å². The second-order valence-corrected chi connectivity index (χ2v) is 4.18. The minimum Gasteiger partial charge on any atom is -0.271 e. The Morgan fingerprint density at radius 1 is 1.50 bits per heavy atom. The van der Waals surface area contributed by atoms with E-state index in [-0.39, 0.29) is 6.04 Å². The van der Waals surface area contributed by atoms with E-state index in [1.165, 1.54) is 6.07 Å². The van der Waals surface area contributed by atoms with E-state index in [9.17, 15) is 13.2 Å². The molecule has 1 heterocycles. The Morgan fingerprint density at radius 2 is 2.17 bits per heavy atom. The SMILES string of the molecule is C=C(C)CCC(NN)c1ccc(C(F)(F)F)cn1. The lowest BCUT2D eigenvalue weighted by atomic mass is 10.0. The fourth-order valence-corrected chi connectivity index (χ4v) is 1.49. The minimum absolute atomic E-state index is 0.274. The highest BCUT2D eigenvalue weighted by atomic mass is 19.4. The molecule has 0 saturated carbocycles. The average Bonchev–Trinajstić information content (AvgIpc) is 2.29. The van der Waals surface area contributed by atoms with E-state index in [2.05, 4.69) is 17.0 Å². The topological polar surface area (TPSA) is 50.9 Å². The Labute approximate surface area is 104 Å². The van der Waals surface area contributed by atoms with Gasteiger partial charge in [-0.05, 0) is 31.9 Å². The van der Waals surface area contributed by atoms with Gasteiger partial charge in [-0.1, -0.05) is 5.57 Å². The van der Waals surface area contributed by atoms with E-state index in [4.69, 9.17) is 5.84 Å². The van der Waals surface area contributed by atoms with Crippen molar-refractivity contribution >= 4 is 0 Å². The molecule has 0 amide bonds. The highest BCUT2D eigenvalue weighted by molar-refractivity contribution is 5.19. The molecule has 1 aromatic heterocycles. The van der Waals surface area contributed by atoms with Gasteiger partial charge in [-0.2, -0.15) is 13.2 Å². The number of rotatable bonds is 5. The van der Waals surface area contributed by atoms with Crippen LogP contribution in [0.1, 0.15) is 37.1 Å². The standard InChI is InChI=1S/C12H16F3N3/c1-8(2)3-5-11(18-16)10-6-4-9(7-17-10)12(13,14)15/h4,6-7,11,18H,1,3,5,16H2,2H3. The molecule has 18 heavy (non-hydrogen) atoms. The molecular weight excluding hydrogens is 243 g/mol. The molecule has 0 bridgehead atoms. The summed E-state index contributed by atoms with van der Waals surface area (Å²) in [6, 6.07) is 2.07. The fourth-order valence-electron chi connectivity index (χ4n) is 1.49. The van der Waals surface area contributed by atoms with E-state index in [1.54, 1.807) is 0 Å². The fraction of sp³-hybridized carbons (Fsp3) is 0.417. The van der Waals surface area contributed by atoms with Crippen LogP contribution in [0.5, 0.6) is 0 Å². The predicted octanol–water partition coefficient (Wildman–Crippen LogP) is 2.96. The van der Waals surface area contributed by atoms with Crippen molar-refractivity contribution in [3.63, 3.8) is 0 Å². The van der Waals surface area contributed by atoms with Gasteiger partial charge >= 0.3 is 6.18 Å². The number of aromatic nitrogens is 1. The highest BCUT2D eigenvalue weighted by Gasteiger charge is 2.30. The van der Waals surface area contributed by atoms with Gasteiger partial charge in [0.05, 0.1) is 17.3 Å². The van der Waals surface area contributed by atoms with E-state index < -0.39 is 11.7 Å². The molecule has 0 aromatic carbocycles. The summed E-state index contributed by atoms with van der Waals surface area (Å²) in [6.45, 7) is 5.65. The van der Waals surface area contributed by atoms with E-state index >= 15 is 0 Å². The molecule has 1 rings (SSSR count). The van der Waals surface area contributed by atoms with Crippen molar-refractivity contribution < 1.29 is 13.2 Å². The summed E-state index contributed by atoms with van der Waals surface area (Å²) in [5, 5.41) is 0. The maximum atomic E-state index is 12.4. The van der Waals surface area contributed by atoms with Gasteiger partial charge in [0.15, 0.2) is 0 Å². The number of allylic oxidation sites excluding steroid dienone is 1. The summed E-state index contributed by atoms with van der Waals surface area (Å²) >= 11 is 0. The van der Waals surface area contributed by atoms with Crippen molar-refractivity contribution in [3.8, 4) is 0 Å². The van der Waals surface area contributed by atoms with Crippen molar-refractivity contribution in [2.75, 3.05) is 0 Å². The Balaban J connectivity index is 2.79. The molecule has 100 valence electrons. The second-order valence-electron chi connectivity index (χ2n) is 4.18. The lowest BCUT2D eigenvalue weighted by Crippen LogP contribution is -2.28. The highest BCUT2D eigenvalue weighted by Crippen LogP contribution is 2.29. The lowest BCUT2D eigenvalue weighted by molar-refractivity contribution is -0.137. The zero-order chi connectivity index (χ0) is 13.8. The van der Waals surface area contributed by atoms with Crippen LogP contribution in [0.2, 0.25) is 0 Å². The van der Waals surface area contributed by atoms with Crippen LogP contribution in [-0.4, -0.2) is 4.98 Å². The molecule has 3 N–H and O–H groups in total. The molecule has 1 atom stereocenters. The Hall–Kier alpha value is -1.40. The third kappa shape index (κ3) is 4.12. The van der Waals surface area contributed by atoms with Gasteiger partial charge in [-0.25, -0.2) is 0 Å². The maximum Gasteiger partial charge on any atom is 0.417 e. The zero-order valence-electron chi connectivity index (χ0n) is 10.1. The van der Waals surface area contributed by atoms with E-state index in [1.807, 2.05) is 6.92 Å². The van der Waals surface area contributed by atoms with E-state index in [0.717, 1.165) is 24.3 Å². The molecule has 0 fully saturated rings. The van der Waals surface area contributed by atoms with Crippen molar-refractivity contribution in [1.82, 2.24) is 10.4 Å². The average molecular weight is 259 g/mol. The molecule has 0 aliphatic carbocycles. The lowest BCUT2D eigenvalue weighted by Gasteiger charge is -2.16. The second kappa shape index (κ2) is 5.97. The first-order valence-corrected chi connectivity index (χ1v) is 5.48. The molecule has 6 heteroatoms. The van der Waals surface area contributed by atoms with Gasteiger partial charge in [0.25, 0.3) is 0 Å². The summed E-state index contributed by atoms with van der Waals surface area (Å²) in [6.07, 6.45) is -2.17. The van der Waals surface area contributed by atoms with Gasteiger partial charge in [0.2, 0.25) is 0 Å². The van der Waals surface area contributed by atoms with Crippen LogP contribution in [-0.2, 0) is 6.18 Å². The van der Waals surface area contributed by atoms with Gasteiger partial charge < -0.3 is 0 Å². The largest absolute Gasteiger partial charge is 0.417 e. The van der Waals surface area contributed by atoms with Gasteiger partial charge in [0, 0.05) is 6.20 Å². The van der Waals surface area contributed by atoms with Crippen molar-refractivity contribution in [2.45, 2.75) is 32.0 Å². The number of hydrazine groups is 1. The molecule has 0 radical (unpaired) electrons. The van der Waals surface area contributed by atoms with Crippen LogP contribution in [0.3, 0.4) is 0 Å². The molecule has 0 aliphatic rings. The number of pyridine rings is 1. The summed E-state index contributed by atoms with van der Waals surface area (Å²) in [7, 11) is 0. The third-order valence-electron chi connectivity index (χ3n) is 2.53. The van der Waals surface area contributed by atoms with Gasteiger partial charge in [-0.3, -0.25) is 16.3 Å². The Kier molecular flexibility index (Phi) is 4.86. The number of nitrogens with one attached hydrogen (secondary N) is 1. The van der Waals surface area contributed by atoms with Gasteiger partial charge in [-0.15, -0.1) is 6.58 Å². The van der Waals surface area contributed by atoms with Crippen molar-refractivity contribution in [3.05, 3.63) is 41.7 Å². The van der Waals surface area contributed by atoms with Crippen LogP contribution in [0.25, 0.3) is 0 Å². The first-order chi connectivity index (χ1) is 8.34. The Bertz CT molecular complexity index is 398. The number of halogens is 3. The van der Waals surface area contributed by atoms with Gasteiger partial charge in [0.1, 0.15) is 0 Å². The van der Waals surface area contributed by atoms with Crippen LogP contribution < -0.4 is 11.3 Å². The predicted molar refractivity (Wildman–Crippen MR) is 63.4 cm³/mol. The Morgan fingerprint density at radius 3 is 2.56 bits per heavy atom. The van der Waals surface area contributed by atoms with Crippen LogP contribution in [0.15, 0.2) is 30.5 Å². The molecular formula is C12H16F3N3. The molecule has 1 aromatic rings. The molecule has 0 spiro atoms. The van der Waals surface area contributed by atoms with Crippen molar-refractivity contribution in [2.24, 2.45) is 5.84 Å². The van der Waals surface area contributed by atoms with Crippen molar-refractivity contribution in [1.29, 1.82) is 0 Å². The molecule has 3 nitrogen and oxygen atoms in total. The third-order valence-corrected chi connectivity index (χ3v) is 2.53. The number of nitrogens with zero attached hydrogens (tertiary/aromatic N) is 1. The maximum absolute atomic E-state index is 12.4. The molecule has 0 saturated heterocycles. The smallest absolute Gasteiger partial charge is 0.271 e. The van der Waals surface area contributed by atoms with Crippen LogP contribution >= 0.6 is 0 Å². The number of hydrogen-bond donors (Lipinski definition) is 2. The monoisotopic (exact) mass is 259 g/mol. The minimum atomic E-state index is -4.37. The van der Waals surface area contributed by atoms with E-state index in [0.29, 0.717) is 12.1 Å². The summed E-state index contributed by atoms with van der Waals surface area (Å²) in [4.78, 5) is 3.80.